The molecule has 0 spiro atoms. The molecular formula is C12H23ClN6O. The lowest BCUT2D eigenvalue weighted by molar-refractivity contribution is -0.123. The molecule has 0 unspecified atom stereocenters. The second-order valence-corrected chi connectivity index (χ2v) is 5.64. The van der Waals surface area contributed by atoms with Crippen LogP contribution in [0.1, 0.15) is 45.4 Å². The molecule has 1 aliphatic heterocycles. The molecule has 0 aromatic carbocycles. The normalized spacial score (nSPS) is 16.5. The molecule has 7 nitrogen and oxygen atoms in total. The van der Waals surface area contributed by atoms with Gasteiger partial charge in [-0.2, -0.15) is 5.21 Å². The number of aromatic nitrogens is 4. The second kappa shape index (κ2) is 7.54. The van der Waals surface area contributed by atoms with Gasteiger partial charge in [-0.25, -0.2) is 0 Å². The minimum absolute atomic E-state index is 0. The van der Waals surface area contributed by atoms with Crippen molar-refractivity contribution in [2.24, 2.45) is 5.92 Å². The Morgan fingerprint density at radius 3 is 2.70 bits per heavy atom. The maximum Gasteiger partial charge on any atom is 0.220 e. The summed E-state index contributed by atoms with van der Waals surface area (Å²) >= 11 is 0. The number of carbonyl (C=O) groups excluding carboxylic acids is 1. The molecule has 20 heavy (non-hydrogen) atoms. The van der Waals surface area contributed by atoms with Gasteiger partial charge in [0, 0.05) is 6.42 Å². The van der Waals surface area contributed by atoms with Crippen molar-refractivity contribution in [1.29, 1.82) is 0 Å². The highest BCUT2D eigenvalue weighted by Crippen LogP contribution is 2.19. The third kappa shape index (κ3) is 4.72. The number of aromatic amines is 1. The Kier molecular flexibility index (Phi) is 6.35. The van der Waals surface area contributed by atoms with Crippen LogP contribution in [0.4, 0.5) is 0 Å². The topological polar surface area (TPSA) is 95.6 Å². The molecule has 3 N–H and O–H groups in total. The Balaban J connectivity index is 0.00000200. The van der Waals surface area contributed by atoms with Crippen molar-refractivity contribution in [1.82, 2.24) is 31.3 Å². The lowest BCUT2D eigenvalue weighted by Gasteiger charge is -2.24. The van der Waals surface area contributed by atoms with E-state index in [1.54, 1.807) is 0 Å². The van der Waals surface area contributed by atoms with E-state index in [1.807, 2.05) is 13.8 Å². The van der Waals surface area contributed by atoms with Gasteiger partial charge >= 0.3 is 0 Å². The molecule has 2 heterocycles. The Morgan fingerprint density at radius 1 is 1.40 bits per heavy atom. The number of H-pyrrole nitrogens is 1. The molecule has 2 rings (SSSR count). The molecule has 0 radical (unpaired) electrons. The highest BCUT2D eigenvalue weighted by Gasteiger charge is 2.27. The molecule has 0 atom stereocenters. The summed E-state index contributed by atoms with van der Waals surface area (Å²) in [7, 11) is 0. The van der Waals surface area contributed by atoms with Crippen molar-refractivity contribution in [3.05, 3.63) is 5.82 Å². The molecule has 1 aromatic rings. The van der Waals surface area contributed by atoms with Crippen LogP contribution in [0.5, 0.6) is 0 Å². The summed E-state index contributed by atoms with van der Waals surface area (Å²) in [6.45, 7) is 5.89. The fourth-order valence-corrected chi connectivity index (χ4v) is 2.40. The van der Waals surface area contributed by atoms with Crippen molar-refractivity contribution < 1.29 is 4.79 Å². The Labute approximate surface area is 125 Å². The van der Waals surface area contributed by atoms with E-state index in [0.717, 1.165) is 19.5 Å². The van der Waals surface area contributed by atoms with E-state index < -0.39 is 5.54 Å². The van der Waals surface area contributed by atoms with Crippen LogP contribution in [0.3, 0.4) is 0 Å². The van der Waals surface area contributed by atoms with Crippen LogP contribution in [0.2, 0.25) is 0 Å². The molecule has 114 valence electrons. The number of tetrazole rings is 1. The fraction of sp³-hybridized carbons (Fsp3) is 0.833. The number of hydrogen-bond acceptors (Lipinski definition) is 5. The average Bonchev–Trinajstić information content (AvgIpc) is 2.92. The first kappa shape index (κ1) is 16.8. The number of carbonyl (C=O) groups is 1. The molecule has 1 aliphatic rings. The van der Waals surface area contributed by atoms with E-state index in [2.05, 4.69) is 31.3 Å². The summed E-state index contributed by atoms with van der Waals surface area (Å²) < 4.78 is 0. The van der Waals surface area contributed by atoms with Crippen molar-refractivity contribution in [3.8, 4) is 0 Å². The first-order valence-electron chi connectivity index (χ1n) is 6.83. The van der Waals surface area contributed by atoms with E-state index >= 15 is 0 Å². The van der Waals surface area contributed by atoms with Gasteiger partial charge in [0.05, 0.1) is 5.54 Å². The van der Waals surface area contributed by atoms with Gasteiger partial charge in [0.25, 0.3) is 0 Å². The van der Waals surface area contributed by atoms with Crippen LogP contribution >= 0.6 is 12.4 Å². The van der Waals surface area contributed by atoms with E-state index in [-0.39, 0.29) is 18.3 Å². The monoisotopic (exact) mass is 302 g/mol. The highest BCUT2D eigenvalue weighted by atomic mass is 35.5. The van der Waals surface area contributed by atoms with Crippen LogP contribution < -0.4 is 10.6 Å². The van der Waals surface area contributed by atoms with E-state index in [4.69, 9.17) is 0 Å². The van der Waals surface area contributed by atoms with Gasteiger partial charge in [-0.1, -0.05) is 5.21 Å². The average molecular weight is 303 g/mol. The number of nitrogens with zero attached hydrogens (tertiary/aromatic N) is 3. The molecule has 1 aromatic heterocycles. The quantitative estimate of drug-likeness (QED) is 0.746. The van der Waals surface area contributed by atoms with Crippen LogP contribution in [-0.4, -0.2) is 39.6 Å². The fourth-order valence-electron chi connectivity index (χ4n) is 2.40. The number of rotatable bonds is 5. The van der Waals surface area contributed by atoms with Gasteiger partial charge in [0.1, 0.15) is 0 Å². The number of halogens is 1. The summed E-state index contributed by atoms with van der Waals surface area (Å²) in [4.78, 5) is 12.0. The van der Waals surface area contributed by atoms with Gasteiger partial charge < -0.3 is 10.6 Å². The van der Waals surface area contributed by atoms with Gasteiger partial charge in [0.2, 0.25) is 5.91 Å². The molecular weight excluding hydrogens is 280 g/mol. The van der Waals surface area contributed by atoms with Gasteiger partial charge in [-0.15, -0.1) is 22.6 Å². The zero-order chi connectivity index (χ0) is 13.7. The van der Waals surface area contributed by atoms with Crippen molar-refractivity contribution in [2.45, 2.75) is 45.1 Å². The molecule has 0 aliphatic carbocycles. The maximum atomic E-state index is 12.0. The zero-order valence-electron chi connectivity index (χ0n) is 12.0. The molecule has 8 heteroatoms. The predicted octanol–water partition coefficient (Wildman–Crippen LogP) is 0.753. The van der Waals surface area contributed by atoms with E-state index in [9.17, 15) is 4.79 Å². The molecule has 1 fully saturated rings. The molecule has 1 amide bonds. The highest BCUT2D eigenvalue weighted by molar-refractivity contribution is 5.85. The van der Waals surface area contributed by atoms with Crippen LogP contribution in [0.15, 0.2) is 0 Å². The van der Waals surface area contributed by atoms with Gasteiger partial charge in [-0.05, 0) is 52.1 Å². The summed E-state index contributed by atoms with van der Waals surface area (Å²) in [5.41, 5.74) is -0.585. The maximum absolute atomic E-state index is 12.0. The van der Waals surface area contributed by atoms with Crippen LogP contribution in [-0.2, 0) is 10.3 Å². The number of nitrogens with one attached hydrogen (secondary N) is 3. The number of amides is 1. The number of piperidine rings is 1. The third-order valence-electron chi connectivity index (χ3n) is 3.59. The molecule has 0 bridgehead atoms. The van der Waals surface area contributed by atoms with Crippen LogP contribution in [0.25, 0.3) is 0 Å². The first-order chi connectivity index (χ1) is 9.08. The van der Waals surface area contributed by atoms with Crippen LogP contribution in [0, 0.1) is 5.92 Å². The molecule has 1 saturated heterocycles. The van der Waals surface area contributed by atoms with Crippen molar-refractivity contribution >= 4 is 18.3 Å². The van der Waals surface area contributed by atoms with E-state index in [0.29, 0.717) is 18.2 Å². The standard InChI is InChI=1S/C12H22N6O.ClH/c1-12(2,11-15-17-18-16-11)14-10(19)4-3-9-5-7-13-8-6-9;/h9,13H,3-8H2,1-2H3,(H,14,19)(H,15,16,17,18);1H. The predicted molar refractivity (Wildman–Crippen MR) is 77.4 cm³/mol. The largest absolute Gasteiger partial charge is 0.344 e. The summed E-state index contributed by atoms with van der Waals surface area (Å²) in [5, 5.41) is 20.1. The third-order valence-corrected chi connectivity index (χ3v) is 3.59. The summed E-state index contributed by atoms with van der Waals surface area (Å²) in [6, 6.07) is 0. The minimum Gasteiger partial charge on any atom is -0.344 e. The lowest BCUT2D eigenvalue weighted by atomic mass is 9.93. The van der Waals surface area contributed by atoms with Gasteiger partial charge in [-0.3, -0.25) is 4.79 Å². The summed E-state index contributed by atoms with van der Waals surface area (Å²) in [5.74, 6) is 1.22. The van der Waals surface area contributed by atoms with Crippen molar-refractivity contribution in [2.75, 3.05) is 13.1 Å². The summed E-state index contributed by atoms with van der Waals surface area (Å²) in [6.07, 6.45) is 3.85. The Hall–Kier alpha value is -1.21. The van der Waals surface area contributed by atoms with Gasteiger partial charge in [0.15, 0.2) is 5.82 Å². The second-order valence-electron chi connectivity index (χ2n) is 5.64. The smallest absolute Gasteiger partial charge is 0.220 e. The number of hydrogen-bond donors (Lipinski definition) is 3. The SMILES string of the molecule is CC(C)(NC(=O)CCC1CCNCC1)c1nn[nH]n1.Cl. The molecule has 0 saturated carbocycles. The Morgan fingerprint density at radius 2 is 2.10 bits per heavy atom. The van der Waals surface area contributed by atoms with E-state index in [1.165, 1.54) is 12.8 Å². The van der Waals surface area contributed by atoms with Crippen molar-refractivity contribution in [3.63, 3.8) is 0 Å². The first-order valence-corrected chi connectivity index (χ1v) is 6.83. The zero-order valence-corrected chi connectivity index (χ0v) is 12.8. The lowest BCUT2D eigenvalue weighted by Crippen LogP contribution is -2.42. The Bertz CT molecular complexity index is 402. The minimum atomic E-state index is -0.585.